The van der Waals surface area contributed by atoms with Gasteiger partial charge in [0, 0.05) is 6.42 Å². The van der Waals surface area contributed by atoms with Crippen LogP contribution in [-0.4, -0.2) is 87.5 Å². The highest BCUT2D eigenvalue weighted by atomic mass is 16.7. The average Bonchev–Trinajstić information content (AvgIpc) is 3.10. The van der Waals surface area contributed by atoms with Gasteiger partial charge in [-0.05, 0) is 19.3 Å². The second kappa shape index (κ2) is 31.4. The molecule has 9 nitrogen and oxygen atoms in total. The normalized spacial score (nSPS) is 22.6. The third-order valence-corrected chi connectivity index (χ3v) is 9.58. The summed E-state index contributed by atoms with van der Waals surface area (Å²) in [5, 5.41) is 53.8. The van der Waals surface area contributed by atoms with Crippen LogP contribution in [0.25, 0.3) is 0 Å². The molecular weight excluding hydrogens is 622 g/mol. The number of allylic oxidation sites excluding steroid dienone is 3. The summed E-state index contributed by atoms with van der Waals surface area (Å²) in [6.07, 6.45) is 28.1. The van der Waals surface area contributed by atoms with E-state index in [1.54, 1.807) is 12.2 Å². The SMILES string of the molecule is CCCCCCC/C=C/C=C/[C@@H](O)[C@H](CO[C@H]1O[C@@H](CO)[C@H](O)C(O)C1O)NC(=O)CCCCCCCCCCCCCCCCCCC. The maximum atomic E-state index is 12.8. The molecule has 0 saturated carbocycles. The van der Waals surface area contributed by atoms with Gasteiger partial charge in [-0.1, -0.05) is 167 Å². The zero-order chi connectivity index (χ0) is 36.0. The van der Waals surface area contributed by atoms with Crippen LogP contribution in [0.4, 0.5) is 0 Å². The predicted octanol–water partition coefficient (Wildman–Crippen LogP) is 7.16. The van der Waals surface area contributed by atoms with Crippen molar-refractivity contribution in [3.8, 4) is 0 Å². The maximum Gasteiger partial charge on any atom is 0.220 e. The van der Waals surface area contributed by atoms with E-state index in [2.05, 4.69) is 25.2 Å². The number of hydrogen-bond acceptors (Lipinski definition) is 8. The van der Waals surface area contributed by atoms with Crippen LogP contribution in [0.3, 0.4) is 0 Å². The van der Waals surface area contributed by atoms with Crippen molar-refractivity contribution in [3.63, 3.8) is 0 Å². The third-order valence-electron chi connectivity index (χ3n) is 9.58. The van der Waals surface area contributed by atoms with E-state index < -0.39 is 49.5 Å². The first-order valence-electron chi connectivity index (χ1n) is 20.1. The molecular formula is C40H75NO8. The van der Waals surface area contributed by atoms with Crippen molar-refractivity contribution >= 4 is 5.91 Å². The van der Waals surface area contributed by atoms with Gasteiger partial charge in [-0.25, -0.2) is 0 Å². The van der Waals surface area contributed by atoms with E-state index in [0.29, 0.717) is 6.42 Å². The van der Waals surface area contributed by atoms with Crippen LogP contribution in [-0.2, 0) is 14.3 Å². The number of aliphatic hydroxyl groups is 5. The van der Waals surface area contributed by atoms with Gasteiger partial charge in [-0.15, -0.1) is 0 Å². The summed E-state index contributed by atoms with van der Waals surface area (Å²) in [6, 6.07) is -0.829. The van der Waals surface area contributed by atoms with E-state index >= 15 is 0 Å². The minimum Gasteiger partial charge on any atom is -0.394 e. The lowest BCUT2D eigenvalue weighted by atomic mass is 9.99. The molecule has 2 unspecified atom stereocenters. The second-order valence-electron chi connectivity index (χ2n) is 14.1. The highest BCUT2D eigenvalue weighted by molar-refractivity contribution is 5.76. The molecule has 0 radical (unpaired) electrons. The lowest BCUT2D eigenvalue weighted by Gasteiger charge is -2.40. The highest BCUT2D eigenvalue weighted by Crippen LogP contribution is 2.22. The summed E-state index contributed by atoms with van der Waals surface area (Å²) >= 11 is 0. The van der Waals surface area contributed by atoms with Crippen LogP contribution in [0.5, 0.6) is 0 Å². The van der Waals surface area contributed by atoms with Crippen LogP contribution in [0.1, 0.15) is 168 Å². The summed E-state index contributed by atoms with van der Waals surface area (Å²) in [4.78, 5) is 12.8. The number of hydrogen-bond donors (Lipinski definition) is 6. The third kappa shape index (κ3) is 23.0. The average molecular weight is 698 g/mol. The molecule has 1 aliphatic rings. The van der Waals surface area contributed by atoms with Crippen molar-refractivity contribution in [1.29, 1.82) is 0 Å². The number of nitrogens with one attached hydrogen (secondary N) is 1. The van der Waals surface area contributed by atoms with Crippen molar-refractivity contribution in [2.24, 2.45) is 0 Å². The van der Waals surface area contributed by atoms with Crippen molar-refractivity contribution in [2.75, 3.05) is 13.2 Å². The minimum atomic E-state index is -1.57. The zero-order valence-corrected chi connectivity index (χ0v) is 31.2. The molecule has 0 aromatic rings. The van der Waals surface area contributed by atoms with E-state index in [4.69, 9.17) is 9.47 Å². The number of carbonyl (C=O) groups excluding carboxylic acids is 1. The first kappa shape index (κ1) is 45.7. The Hall–Kier alpha value is -1.33. The van der Waals surface area contributed by atoms with Gasteiger partial charge in [0.25, 0.3) is 0 Å². The Labute approximate surface area is 298 Å². The summed E-state index contributed by atoms with van der Waals surface area (Å²) < 4.78 is 11.1. The van der Waals surface area contributed by atoms with Gasteiger partial charge in [-0.3, -0.25) is 4.79 Å². The molecule has 1 heterocycles. The molecule has 1 aliphatic heterocycles. The van der Waals surface area contributed by atoms with Gasteiger partial charge < -0.3 is 40.3 Å². The molecule has 6 N–H and O–H groups in total. The molecule has 0 aromatic carbocycles. The predicted molar refractivity (Wildman–Crippen MR) is 198 cm³/mol. The molecule has 1 amide bonds. The molecule has 288 valence electrons. The molecule has 1 fully saturated rings. The Morgan fingerprint density at radius 1 is 0.694 bits per heavy atom. The van der Waals surface area contributed by atoms with Crippen LogP contribution in [0, 0.1) is 0 Å². The molecule has 0 spiro atoms. The van der Waals surface area contributed by atoms with E-state index in [9.17, 15) is 30.3 Å². The molecule has 1 saturated heterocycles. The minimum absolute atomic E-state index is 0.196. The molecule has 1 rings (SSSR count). The van der Waals surface area contributed by atoms with Crippen molar-refractivity contribution in [3.05, 3.63) is 24.3 Å². The Kier molecular flexibility index (Phi) is 29.3. The summed E-state index contributed by atoms with van der Waals surface area (Å²) in [5.41, 5.74) is 0. The van der Waals surface area contributed by atoms with Gasteiger partial charge >= 0.3 is 0 Å². The lowest BCUT2D eigenvalue weighted by molar-refractivity contribution is -0.302. The van der Waals surface area contributed by atoms with E-state index in [1.165, 1.54) is 116 Å². The van der Waals surface area contributed by atoms with Crippen LogP contribution >= 0.6 is 0 Å². The summed E-state index contributed by atoms with van der Waals surface area (Å²) in [6.45, 7) is 3.69. The van der Waals surface area contributed by atoms with Gasteiger partial charge in [-0.2, -0.15) is 0 Å². The van der Waals surface area contributed by atoms with Gasteiger partial charge in [0.05, 0.1) is 25.4 Å². The second-order valence-corrected chi connectivity index (χ2v) is 14.1. The van der Waals surface area contributed by atoms with Gasteiger partial charge in [0.15, 0.2) is 6.29 Å². The molecule has 7 atom stereocenters. The lowest BCUT2D eigenvalue weighted by Crippen LogP contribution is -2.60. The fourth-order valence-corrected chi connectivity index (χ4v) is 6.27. The number of aliphatic hydroxyl groups excluding tert-OH is 5. The smallest absolute Gasteiger partial charge is 0.220 e. The Morgan fingerprint density at radius 3 is 1.69 bits per heavy atom. The first-order valence-corrected chi connectivity index (χ1v) is 20.1. The van der Waals surface area contributed by atoms with Crippen LogP contribution < -0.4 is 5.32 Å². The topological polar surface area (TPSA) is 149 Å². The molecule has 9 heteroatoms. The summed E-state index contributed by atoms with van der Waals surface area (Å²) in [5.74, 6) is -0.196. The molecule has 0 aromatic heterocycles. The number of ether oxygens (including phenoxy) is 2. The molecule has 0 bridgehead atoms. The van der Waals surface area contributed by atoms with Crippen molar-refractivity contribution in [2.45, 2.75) is 211 Å². The van der Waals surface area contributed by atoms with Crippen LogP contribution in [0.15, 0.2) is 24.3 Å². The van der Waals surface area contributed by atoms with Crippen LogP contribution in [0.2, 0.25) is 0 Å². The standard InChI is InChI=1S/C40H75NO8/c1-3-5-7-9-11-13-14-15-16-17-18-19-20-22-24-26-28-30-36(44)41-33(34(43)29-27-25-23-21-12-10-8-6-4-2)32-48-40-39(47)38(46)37(45)35(31-42)49-40/h23,25,27,29,33-35,37-40,42-43,45-47H,3-22,24,26,28,30-32H2,1-2H3,(H,41,44)/b25-23+,29-27+/t33-,34+,35-,37-,38?,39?,40-/m0/s1. The number of carbonyl (C=O) groups is 1. The fraction of sp³-hybridized carbons (Fsp3) is 0.875. The number of unbranched alkanes of at least 4 members (excludes halogenated alkanes) is 21. The number of rotatable bonds is 32. The Morgan fingerprint density at radius 2 is 1.18 bits per heavy atom. The molecule has 0 aliphatic carbocycles. The largest absolute Gasteiger partial charge is 0.394 e. The molecule has 49 heavy (non-hydrogen) atoms. The maximum absolute atomic E-state index is 12.8. The fourth-order valence-electron chi connectivity index (χ4n) is 6.27. The van der Waals surface area contributed by atoms with Crippen molar-refractivity contribution < 1.29 is 39.8 Å². The van der Waals surface area contributed by atoms with E-state index in [1.807, 2.05) is 6.08 Å². The van der Waals surface area contributed by atoms with E-state index in [0.717, 1.165) is 32.1 Å². The zero-order valence-electron chi connectivity index (χ0n) is 31.2. The first-order chi connectivity index (χ1) is 23.8. The van der Waals surface area contributed by atoms with E-state index in [-0.39, 0.29) is 12.5 Å². The Balaban J connectivity index is 2.38. The van der Waals surface area contributed by atoms with Gasteiger partial charge in [0.1, 0.15) is 24.4 Å². The monoisotopic (exact) mass is 698 g/mol. The van der Waals surface area contributed by atoms with Crippen molar-refractivity contribution in [1.82, 2.24) is 5.32 Å². The number of amides is 1. The Bertz CT molecular complexity index is 822. The van der Waals surface area contributed by atoms with Gasteiger partial charge in [0.2, 0.25) is 5.91 Å². The quantitative estimate of drug-likeness (QED) is 0.0320. The highest BCUT2D eigenvalue weighted by Gasteiger charge is 2.44. The summed E-state index contributed by atoms with van der Waals surface area (Å²) in [7, 11) is 0.